The van der Waals surface area contributed by atoms with Gasteiger partial charge in [0.25, 0.3) is 0 Å². The summed E-state index contributed by atoms with van der Waals surface area (Å²) >= 11 is 0. The van der Waals surface area contributed by atoms with Crippen LogP contribution < -0.4 is 15.4 Å². The maximum atomic E-state index is 16.6. The van der Waals surface area contributed by atoms with E-state index >= 15 is 8.78 Å². The molecule has 3 aliphatic rings. The standard InChI is InChI=1S/C32H31F5N6O/c1-16-17(2)40-29-25-24(16)26(34)27(20-11-21(32(35,36)37)18(3)39-28(20)38)41-30(25)44-13-23-22-9-10-31(14-33,15-42(23)29)43(22)12-19-7-5-4-6-8-19/h4-8,11,22-23H,9-10,12-15H2,1-3H3,(H2,38,39)/t22-,23+,31-/m0/s1. The molecule has 3 aromatic heterocycles. The molecule has 44 heavy (non-hydrogen) atoms. The quantitative estimate of drug-likeness (QED) is 0.271. The van der Waals surface area contributed by atoms with Crippen LogP contribution in [0.5, 0.6) is 5.88 Å². The van der Waals surface area contributed by atoms with Gasteiger partial charge in [-0.2, -0.15) is 13.2 Å². The molecule has 230 valence electrons. The first-order valence-corrected chi connectivity index (χ1v) is 14.5. The van der Waals surface area contributed by atoms with Gasteiger partial charge in [0.15, 0.2) is 5.82 Å². The fraction of sp³-hybridized carbons (Fsp3) is 0.406. The van der Waals surface area contributed by atoms with E-state index in [1.54, 1.807) is 13.8 Å². The van der Waals surface area contributed by atoms with Gasteiger partial charge in [-0.15, -0.1) is 0 Å². The molecular formula is C32H31F5N6O. The van der Waals surface area contributed by atoms with E-state index in [2.05, 4.69) is 14.9 Å². The SMILES string of the molecule is Cc1nc(N)c(-c2nc3c4c(nc(C)c(C)c4c2F)N2C[C@@]4(CF)CC[C@@H]([C@H]2CO3)N4Cc2ccccc2)cc1C(F)(F)F. The van der Waals surface area contributed by atoms with Gasteiger partial charge in [-0.3, -0.25) is 4.90 Å². The summed E-state index contributed by atoms with van der Waals surface area (Å²) < 4.78 is 79.5. The predicted molar refractivity (Wildman–Crippen MR) is 157 cm³/mol. The molecule has 7 nitrogen and oxygen atoms in total. The highest BCUT2D eigenvalue weighted by Crippen LogP contribution is 2.49. The zero-order valence-electron chi connectivity index (χ0n) is 24.5. The van der Waals surface area contributed by atoms with Crippen LogP contribution in [0.1, 0.15) is 40.9 Å². The van der Waals surface area contributed by atoms with Gasteiger partial charge in [0, 0.05) is 35.8 Å². The van der Waals surface area contributed by atoms with Crippen molar-refractivity contribution in [2.75, 3.05) is 30.5 Å². The van der Waals surface area contributed by atoms with Crippen molar-refractivity contribution in [1.29, 1.82) is 0 Å². The number of fused-ring (bicyclic) bond motifs is 5. The molecule has 2 fully saturated rings. The number of piperazine rings is 1. The van der Waals surface area contributed by atoms with Crippen LogP contribution in [0.4, 0.5) is 33.6 Å². The third-order valence-electron chi connectivity index (χ3n) is 9.65. The van der Waals surface area contributed by atoms with E-state index in [0.717, 1.165) is 18.1 Å². The highest BCUT2D eigenvalue weighted by atomic mass is 19.4. The first-order valence-electron chi connectivity index (χ1n) is 14.5. The zero-order chi connectivity index (χ0) is 31.1. The van der Waals surface area contributed by atoms with Gasteiger partial charge >= 0.3 is 6.18 Å². The Kier molecular flexibility index (Phi) is 6.51. The van der Waals surface area contributed by atoms with Gasteiger partial charge in [-0.05, 0) is 50.8 Å². The van der Waals surface area contributed by atoms with Gasteiger partial charge in [-0.1, -0.05) is 30.3 Å². The lowest BCUT2D eigenvalue weighted by Crippen LogP contribution is -2.67. The second-order valence-electron chi connectivity index (χ2n) is 12.1. The van der Waals surface area contributed by atoms with Gasteiger partial charge in [0.05, 0.1) is 28.2 Å². The number of nitrogens with two attached hydrogens (primary N) is 1. The fourth-order valence-electron chi connectivity index (χ4n) is 7.30. The second kappa shape index (κ2) is 9.98. The number of rotatable bonds is 4. The summed E-state index contributed by atoms with van der Waals surface area (Å²) in [5.74, 6) is -0.633. The van der Waals surface area contributed by atoms with Crippen LogP contribution in [-0.4, -0.2) is 57.3 Å². The number of nitrogen functional groups attached to an aromatic ring is 1. The number of alkyl halides is 4. The van der Waals surface area contributed by atoms with Crippen molar-refractivity contribution in [3.63, 3.8) is 0 Å². The molecular weight excluding hydrogens is 579 g/mol. The lowest BCUT2D eigenvalue weighted by atomic mass is 9.93. The van der Waals surface area contributed by atoms with Crippen molar-refractivity contribution in [2.45, 2.75) is 64.0 Å². The van der Waals surface area contributed by atoms with E-state index in [1.165, 1.54) is 6.92 Å². The minimum atomic E-state index is -4.72. The topological polar surface area (TPSA) is 80.4 Å². The van der Waals surface area contributed by atoms with E-state index in [0.29, 0.717) is 42.0 Å². The molecule has 0 aliphatic carbocycles. The highest BCUT2D eigenvalue weighted by Gasteiger charge is 2.57. The van der Waals surface area contributed by atoms with E-state index in [-0.39, 0.29) is 52.7 Å². The van der Waals surface area contributed by atoms with Crippen molar-refractivity contribution >= 4 is 22.4 Å². The largest absolute Gasteiger partial charge is 0.475 e. The Balaban J connectivity index is 1.40. The zero-order valence-corrected chi connectivity index (χ0v) is 24.5. The number of nitrogens with zero attached hydrogens (tertiary/aromatic N) is 5. The number of pyridine rings is 3. The maximum Gasteiger partial charge on any atom is 0.418 e. The Morgan fingerprint density at radius 2 is 1.77 bits per heavy atom. The summed E-state index contributed by atoms with van der Waals surface area (Å²) in [6, 6.07) is 10.4. The van der Waals surface area contributed by atoms with Gasteiger partial charge in [0.2, 0.25) is 5.88 Å². The first kappa shape index (κ1) is 28.7. The normalized spacial score (nSPS) is 23.0. The van der Waals surface area contributed by atoms with Crippen LogP contribution in [0, 0.1) is 26.6 Å². The summed E-state index contributed by atoms with van der Waals surface area (Å²) in [5, 5.41) is 0.450. The summed E-state index contributed by atoms with van der Waals surface area (Å²) in [6.07, 6.45) is -3.33. The van der Waals surface area contributed by atoms with Crippen LogP contribution in [0.25, 0.3) is 22.0 Å². The molecule has 4 aromatic rings. The molecule has 2 saturated heterocycles. The van der Waals surface area contributed by atoms with E-state index in [4.69, 9.17) is 15.5 Å². The highest BCUT2D eigenvalue weighted by molar-refractivity contribution is 6.02. The smallest absolute Gasteiger partial charge is 0.418 e. The van der Waals surface area contributed by atoms with E-state index in [9.17, 15) is 13.2 Å². The average molecular weight is 611 g/mol. The van der Waals surface area contributed by atoms with Crippen molar-refractivity contribution in [2.24, 2.45) is 0 Å². The van der Waals surface area contributed by atoms with Crippen molar-refractivity contribution in [3.05, 3.63) is 70.3 Å². The van der Waals surface area contributed by atoms with Crippen LogP contribution in [-0.2, 0) is 12.7 Å². The fourth-order valence-corrected chi connectivity index (χ4v) is 7.30. The van der Waals surface area contributed by atoms with Crippen LogP contribution >= 0.6 is 0 Å². The third-order valence-corrected chi connectivity index (χ3v) is 9.65. The molecule has 0 radical (unpaired) electrons. The second-order valence-corrected chi connectivity index (χ2v) is 12.1. The average Bonchev–Trinajstić information content (AvgIpc) is 3.13. The van der Waals surface area contributed by atoms with Crippen molar-refractivity contribution < 1.29 is 26.7 Å². The number of hydrogen-bond donors (Lipinski definition) is 1. The number of aryl methyl sites for hydroxylation is 3. The van der Waals surface area contributed by atoms with Gasteiger partial charge in [-0.25, -0.2) is 23.7 Å². The van der Waals surface area contributed by atoms with Crippen molar-refractivity contribution in [3.8, 4) is 17.1 Å². The Morgan fingerprint density at radius 1 is 1.02 bits per heavy atom. The number of anilines is 2. The molecule has 0 saturated carbocycles. The number of ether oxygens (including phenoxy) is 1. The predicted octanol–water partition coefficient (Wildman–Crippen LogP) is 6.31. The third kappa shape index (κ3) is 4.21. The summed E-state index contributed by atoms with van der Waals surface area (Å²) in [4.78, 5) is 17.5. The van der Waals surface area contributed by atoms with Gasteiger partial charge in [0.1, 0.15) is 30.6 Å². The lowest BCUT2D eigenvalue weighted by Gasteiger charge is -2.52. The Labute approximate surface area is 250 Å². The Bertz CT molecular complexity index is 1800. The molecule has 2 bridgehead atoms. The molecule has 7 rings (SSSR count). The summed E-state index contributed by atoms with van der Waals surface area (Å²) in [5.41, 5.74) is 5.41. The van der Waals surface area contributed by atoms with Crippen LogP contribution in [0.3, 0.4) is 0 Å². The molecule has 3 aliphatic heterocycles. The number of aromatic nitrogens is 3. The van der Waals surface area contributed by atoms with Crippen LogP contribution in [0.15, 0.2) is 36.4 Å². The molecule has 0 unspecified atom stereocenters. The van der Waals surface area contributed by atoms with E-state index < -0.39 is 29.8 Å². The Hall–Kier alpha value is -4.06. The minimum Gasteiger partial charge on any atom is -0.475 e. The van der Waals surface area contributed by atoms with Crippen LogP contribution in [0.2, 0.25) is 0 Å². The molecule has 0 spiro atoms. The van der Waals surface area contributed by atoms with E-state index in [1.807, 2.05) is 35.2 Å². The number of halogens is 5. The maximum absolute atomic E-state index is 16.6. The summed E-state index contributed by atoms with van der Waals surface area (Å²) in [7, 11) is 0. The summed E-state index contributed by atoms with van der Waals surface area (Å²) in [6.45, 7) is 5.12. The lowest BCUT2D eigenvalue weighted by molar-refractivity contribution is -0.138. The minimum absolute atomic E-state index is 0.0460. The molecule has 3 atom stereocenters. The molecule has 0 amide bonds. The Morgan fingerprint density at radius 3 is 2.48 bits per heavy atom. The first-order chi connectivity index (χ1) is 20.9. The number of hydrogen-bond acceptors (Lipinski definition) is 7. The monoisotopic (exact) mass is 610 g/mol. The molecule has 1 aromatic carbocycles. The molecule has 12 heteroatoms. The number of benzene rings is 1. The molecule has 2 N–H and O–H groups in total. The van der Waals surface area contributed by atoms with Crippen molar-refractivity contribution in [1.82, 2.24) is 19.9 Å². The van der Waals surface area contributed by atoms with Gasteiger partial charge < -0.3 is 15.4 Å². The molecule has 6 heterocycles.